The molecule has 32 heavy (non-hydrogen) atoms. The minimum absolute atomic E-state index is 0.112. The highest BCUT2D eigenvalue weighted by molar-refractivity contribution is 5.74. The monoisotopic (exact) mass is 444 g/mol. The number of benzene rings is 1. The van der Waals surface area contributed by atoms with Crippen molar-refractivity contribution in [3.63, 3.8) is 0 Å². The molecule has 2 aromatic rings. The van der Waals surface area contributed by atoms with E-state index in [1.54, 1.807) is 12.1 Å². The van der Waals surface area contributed by atoms with E-state index >= 15 is 0 Å². The summed E-state index contributed by atoms with van der Waals surface area (Å²) in [6, 6.07) is 6.31. The minimum Gasteiger partial charge on any atom is -0.469 e. The average molecular weight is 444 g/mol. The smallest absolute Gasteiger partial charge is 0.353 e. The number of rotatable bonds is 5. The van der Waals surface area contributed by atoms with Crippen molar-refractivity contribution in [3.8, 4) is 0 Å². The summed E-state index contributed by atoms with van der Waals surface area (Å²) in [7, 11) is 1.37. The van der Waals surface area contributed by atoms with E-state index in [0.29, 0.717) is 57.9 Å². The van der Waals surface area contributed by atoms with Gasteiger partial charge in [-0.1, -0.05) is 0 Å². The van der Waals surface area contributed by atoms with E-state index in [1.807, 2.05) is 9.80 Å². The van der Waals surface area contributed by atoms with E-state index in [9.17, 15) is 19.3 Å². The van der Waals surface area contributed by atoms with Gasteiger partial charge in [0.05, 0.1) is 18.0 Å². The van der Waals surface area contributed by atoms with Crippen LogP contribution in [0.1, 0.15) is 12.8 Å². The molecular formula is C21H25FN6O4. The maximum Gasteiger partial charge on any atom is 0.353 e. The van der Waals surface area contributed by atoms with E-state index in [1.165, 1.54) is 25.6 Å². The minimum atomic E-state index is -0.427. The SMILES string of the molecule is COC(=O)C1CCN(c2ncnc(N3CCN(c4ccc(F)cc4)CC3)c2[N+](=O)[O-])CC1. The van der Waals surface area contributed by atoms with Gasteiger partial charge in [0.15, 0.2) is 0 Å². The van der Waals surface area contributed by atoms with E-state index in [2.05, 4.69) is 14.9 Å². The van der Waals surface area contributed by atoms with E-state index in [4.69, 9.17) is 4.74 Å². The highest BCUT2D eigenvalue weighted by atomic mass is 19.1. The summed E-state index contributed by atoms with van der Waals surface area (Å²) in [5, 5.41) is 12.0. The van der Waals surface area contributed by atoms with E-state index in [-0.39, 0.29) is 29.2 Å². The van der Waals surface area contributed by atoms with Gasteiger partial charge in [0.25, 0.3) is 0 Å². The van der Waals surface area contributed by atoms with Crippen molar-refractivity contribution >= 4 is 29.0 Å². The fraction of sp³-hybridized carbons (Fsp3) is 0.476. The van der Waals surface area contributed by atoms with Crippen LogP contribution in [-0.4, -0.2) is 67.2 Å². The molecule has 4 rings (SSSR count). The van der Waals surface area contributed by atoms with Crippen molar-refractivity contribution in [3.05, 3.63) is 46.5 Å². The fourth-order valence-corrected chi connectivity index (χ4v) is 4.31. The first-order valence-corrected chi connectivity index (χ1v) is 10.6. The lowest BCUT2D eigenvalue weighted by Gasteiger charge is -2.37. The molecule has 10 nitrogen and oxygen atoms in total. The predicted molar refractivity (Wildman–Crippen MR) is 116 cm³/mol. The van der Waals surface area contributed by atoms with Crippen LogP contribution in [0.15, 0.2) is 30.6 Å². The van der Waals surface area contributed by atoms with Gasteiger partial charge in [-0.25, -0.2) is 14.4 Å². The Morgan fingerprint density at radius 3 is 2.06 bits per heavy atom. The Kier molecular flexibility index (Phi) is 6.33. The van der Waals surface area contributed by atoms with Gasteiger partial charge < -0.3 is 19.4 Å². The Hall–Kier alpha value is -3.50. The zero-order chi connectivity index (χ0) is 22.7. The number of hydrogen-bond acceptors (Lipinski definition) is 9. The van der Waals surface area contributed by atoms with Crippen LogP contribution in [0.25, 0.3) is 0 Å². The normalized spacial score (nSPS) is 17.4. The molecule has 2 aliphatic rings. The third kappa shape index (κ3) is 4.41. The van der Waals surface area contributed by atoms with Crippen molar-refractivity contribution in [2.75, 3.05) is 61.1 Å². The number of halogens is 1. The van der Waals surface area contributed by atoms with E-state index in [0.717, 1.165) is 5.69 Å². The number of methoxy groups -OCH3 is 1. The number of nitro groups is 1. The highest BCUT2D eigenvalue weighted by Gasteiger charge is 2.34. The largest absolute Gasteiger partial charge is 0.469 e. The summed E-state index contributed by atoms with van der Waals surface area (Å²) >= 11 is 0. The van der Waals surface area contributed by atoms with Crippen molar-refractivity contribution in [1.29, 1.82) is 0 Å². The second-order valence-electron chi connectivity index (χ2n) is 7.86. The number of nitrogens with zero attached hydrogens (tertiary/aromatic N) is 6. The quantitative estimate of drug-likeness (QED) is 0.390. The molecule has 0 atom stereocenters. The fourth-order valence-electron chi connectivity index (χ4n) is 4.31. The van der Waals surface area contributed by atoms with Gasteiger partial charge in [-0.3, -0.25) is 14.9 Å². The number of anilines is 3. The number of carbonyl (C=O) groups excluding carboxylic acids is 1. The molecule has 1 aromatic heterocycles. The molecule has 11 heteroatoms. The Bertz CT molecular complexity index is 973. The van der Waals surface area contributed by atoms with Gasteiger partial charge in [-0.15, -0.1) is 0 Å². The highest BCUT2D eigenvalue weighted by Crippen LogP contribution is 2.36. The lowest BCUT2D eigenvalue weighted by Crippen LogP contribution is -2.47. The molecule has 170 valence electrons. The lowest BCUT2D eigenvalue weighted by molar-refractivity contribution is -0.383. The molecule has 0 radical (unpaired) electrons. The molecule has 0 amide bonds. The molecule has 2 saturated heterocycles. The molecule has 0 N–H and O–H groups in total. The molecule has 2 aliphatic heterocycles. The zero-order valence-electron chi connectivity index (χ0n) is 17.8. The standard InChI is InChI=1S/C21H25FN6O4/c1-32-21(29)15-6-8-26(9-7-15)19-18(28(30)31)20(24-14-23-19)27-12-10-25(11-13-27)17-4-2-16(22)3-5-17/h2-5,14-15H,6-13H2,1H3. The number of piperazine rings is 1. The second kappa shape index (κ2) is 9.33. The summed E-state index contributed by atoms with van der Waals surface area (Å²) in [4.78, 5) is 37.7. The Labute approximate surface area is 184 Å². The maximum atomic E-state index is 13.2. The first kappa shape index (κ1) is 21.7. The molecule has 0 bridgehead atoms. The third-order valence-electron chi connectivity index (χ3n) is 6.07. The van der Waals surface area contributed by atoms with Crippen LogP contribution >= 0.6 is 0 Å². The molecule has 1 aromatic carbocycles. The van der Waals surface area contributed by atoms with Crippen molar-refractivity contribution in [2.24, 2.45) is 5.92 Å². The number of hydrogen-bond donors (Lipinski definition) is 0. The van der Waals surface area contributed by atoms with Crippen molar-refractivity contribution in [1.82, 2.24) is 9.97 Å². The first-order chi connectivity index (χ1) is 15.5. The number of esters is 1. The summed E-state index contributed by atoms with van der Waals surface area (Å²) in [5.41, 5.74) is 0.802. The van der Waals surface area contributed by atoms with Gasteiger partial charge in [0, 0.05) is 45.0 Å². The number of aromatic nitrogens is 2. The Morgan fingerprint density at radius 2 is 1.53 bits per heavy atom. The predicted octanol–water partition coefficient (Wildman–Crippen LogP) is 2.24. The summed E-state index contributed by atoms with van der Waals surface area (Å²) in [6.07, 6.45) is 2.47. The van der Waals surface area contributed by atoms with Crippen LogP contribution in [0.2, 0.25) is 0 Å². The number of piperidine rings is 1. The third-order valence-corrected chi connectivity index (χ3v) is 6.07. The van der Waals surface area contributed by atoms with Gasteiger partial charge in [-0.2, -0.15) is 0 Å². The second-order valence-corrected chi connectivity index (χ2v) is 7.86. The summed E-state index contributed by atoms with van der Waals surface area (Å²) in [5.74, 6) is -0.150. The van der Waals surface area contributed by atoms with Crippen LogP contribution in [-0.2, 0) is 9.53 Å². The van der Waals surface area contributed by atoms with Gasteiger partial charge in [-0.05, 0) is 37.1 Å². The summed E-state index contributed by atoms with van der Waals surface area (Å²) in [6.45, 7) is 3.31. The number of ether oxygens (including phenoxy) is 1. The average Bonchev–Trinajstić information content (AvgIpc) is 2.83. The molecule has 0 aliphatic carbocycles. The van der Waals surface area contributed by atoms with Crippen LogP contribution in [0, 0.1) is 21.8 Å². The van der Waals surface area contributed by atoms with Crippen LogP contribution in [0.3, 0.4) is 0 Å². The first-order valence-electron chi connectivity index (χ1n) is 10.6. The molecule has 0 unspecified atom stereocenters. The molecule has 2 fully saturated rings. The zero-order valence-corrected chi connectivity index (χ0v) is 17.8. The van der Waals surface area contributed by atoms with E-state index < -0.39 is 4.92 Å². The summed E-state index contributed by atoms with van der Waals surface area (Å²) < 4.78 is 18.0. The lowest BCUT2D eigenvalue weighted by atomic mass is 9.97. The van der Waals surface area contributed by atoms with Gasteiger partial charge in [0.2, 0.25) is 11.6 Å². The number of carbonyl (C=O) groups is 1. The molecule has 0 saturated carbocycles. The van der Waals surface area contributed by atoms with Crippen molar-refractivity contribution in [2.45, 2.75) is 12.8 Å². The van der Waals surface area contributed by atoms with Gasteiger partial charge in [0.1, 0.15) is 12.1 Å². The topological polar surface area (TPSA) is 105 Å². The Balaban J connectivity index is 1.50. The van der Waals surface area contributed by atoms with Crippen LogP contribution < -0.4 is 14.7 Å². The molecule has 0 spiro atoms. The van der Waals surface area contributed by atoms with Crippen LogP contribution in [0.4, 0.5) is 27.4 Å². The molecule has 3 heterocycles. The van der Waals surface area contributed by atoms with Gasteiger partial charge >= 0.3 is 11.7 Å². The van der Waals surface area contributed by atoms with Crippen LogP contribution in [0.5, 0.6) is 0 Å². The van der Waals surface area contributed by atoms with Crippen molar-refractivity contribution < 1.29 is 18.8 Å². The Morgan fingerprint density at radius 1 is 1.00 bits per heavy atom. The maximum absolute atomic E-state index is 13.2. The molecular weight excluding hydrogens is 419 g/mol.